The van der Waals surface area contributed by atoms with Crippen molar-refractivity contribution < 1.29 is 14.1 Å². The number of ether oxygens (including phenoxy) is 1. The van der Waals surface area contributed by atoms with E-state index in [0.717, 1.165) is 60.0 Å². The number of piperidine rings is 1. The molecule has 4 aromatic rings. The van der Waals surface area contributed by atoms with Gasteiger partial charge in [-0.1, -0.05) is 6.07 Å². The lowest BCUT2D eigenvalue weighted by molar-refractivity contribution is -0.111. The van der Waals surface area contributed by atoms with Crippen molar-refractivity contribution in [2.45, 2.75) is 31.6 Å². The average Bonchev–Trinajstić information content (AvgIpc) is 3.78. The summed E-state index contributed by atoms with van der Waals surface area (Å²) in [5, 5.41) is 12.0. The summed E-state index contributed by atoms with van der Waals surface area (Å²) in [5.74, 6) is 2.23. The molecule has 0 amide bonds. The Kier molecular flexibility index (Phi) is 8.53. The maximum Gasteiger partial charge on any atom is 0.229 e. The van der Waals surface area contributed by atoms with Gasteiger partial charge in [0.1, 0.15) is 25.0 Å². The second-order valence-electron chi connectivity index (χ2n) is 12.0. The molecule has 6 rings (SSSR count). The molecule has 0 unspecified atom stereocenters. The number of hydrogen-bond donors (Lipinski definition) is 2. The van der Waals surface area contributed by atoms with Gasteiger partial charge in [-0.15, -0.1) is 0 Å². The van der Waals surface area contributed by atoms with Crippen molar-refractivity contribution in [3.8, 4) is 16.9 Å². The molecule has 2 aromatic heterocycles. The van der Waals surface area contributed by atoms with Gasteiger partial charge >= 0.3 is 0 Å². The highest BCUT2D eigenvalue weighted by atomic mass is 79.9. The zero-order chi connectivity index (χ0) is 31.0. The second kappa shape index (κ2) is 12.4. The molecular weight excluding hydrogens is 641 g/mol. The van der Waals surface area contributed by atoms with Crippen LogP contribution in [0.1, 0.15) is 37.2 Å². The van der Waals surface area contributed by atoms with Crippen molar-refractivity contribution in [2.75, 3.05) is 49.1 Å². The van der Waals surface area contributed by atoms with Crippen LogP contribution in [-0.4, -0.2) is 59.6 Å². The van der Waals surface area contributed by atoms with Crippen LogP contribution in [0.5, 0.6) is 5.75 Å². The molecule has 0 spiro atoms. The van der Waals surface area contributed by atoms with Crippen molar-refractivity contribution >= 4 is 63.5 Å². The van der Waals surface area contributed by atoms with Crippen LogP contribution in [-0.2, 0) is 16.4 Å². The van der Waals surface area contributed by atoms with Gasteiger partial charge < -0.3 is 29.6 Å². The zero-order valence-electron chi connectivity index (χ0n) is 25.4. The summed E-state index contributed by atoms with van der Waals surface area (Å²) in [4.78, 5) is 23.0. The Balaban J connectivity index is 1.33. The van der Waals surface area contributed by atoms with Gasteiger partial charge in [-0.25, -0.2) is 4.98 Å². The van der Waals surface area contributed by atoms with E-state index in [1.807, 2.05) is 37.6 Å². The predicted octanol–water partition coefficient (Wildman–Crippen LogP) is 6.68. The van der Waals surface area contributed by atoms with Gasteiger partial charge in [-0.05, 0) is 84.6 Å². The number of benzene rings is 2. The summed E-state index contributed by atoms with van der Waals surface area (Å²) in [6.45, 7) is 5.16. The summed E-state index contributed by atoms with van der Waals surface area (Å²) >= 11 is 3.59. The topological polar surface area (TPSA) is 114 Å². The molecular formula is C32H37BrN7O3P. The molecule has 12 heteroatoms. The highest BCUT2D eigenvalue weighted by Gasteiger charge is 2.27. The van der Waals surface area contributed by atoms with Crippen molar-refractivity contribution in [1.82, 2.24) is 19.7 Å². The van der Waals surface area contributed by atoms with Crippen molar-refractivity contribution in [3.63, 3.8) is 0 Å². The largest absolute Gasteiger partial charge is 0.494 e. The van der Waals surface area contributed by atoms with Gasteiger partial charge in [0.25, 0.3) is 0 Å². The van der Waals surface area contributed by atoms with Crippen molar-refractivity contribution in [2.24, 2.45) is 13.0 Å². The fourth-order valence-corrected chi connectivity index (χ4v) is 7.16. The third kappa shape index (κ3) is 6.54. The van der Waals surface area contributed by atoms with E-state index in [1.54, 1.807) is 31.3 Å². The fourth-order valence-electron chi connectivity index (χ4n) is 5.70. The van der Waals surface area contributed by atoms with Crippen molar-refractivity contribution in [1.29, 1.82) is 0 Å². The monoisotopic (exact) mass is 677 g/mol. The Bertz CT molecular complexity index is 1740. The van der Waals surface area contributed by atoms with Crippen LogP contribution in [0.2, 0.25) is 0 Å². The van der Waals surface area contributed by atoms with E-state index < -0.39 is 7.14 Å². The number of hydrogen-bond acceptors (Lipinski definition) is 9. The van der Waals surface area contributed by atoms with Crippen LogP contribution in [0, 0.1) is 5.92 Å². The Morgan fingerprint density at radius 2 is 1.82 bits per heavy atom. The molecule has 3 heterocycles. The van der Waals surface area contributed by atoms with Crippen LogP contribution in [0.15, 0.2) is 53.4 Å². The lowest BCUT2D eigenvalue weighted by Gasteiger charge is -2.33. The normalized spacial score (nSPS) is 15.7. The van der Waals surface area contributed by atoms with Crippen LogP contribution in [0.3, 0.4) is 0 Å². The van der Waals surface area contributed by atoms with Gasteiger partial charge in [0.2, 0.25) is 5.95 Å². The Morgan fingerprint density at radius 1 is 1.05 bits per heavy atom. The number of nitrogens with zero attached hydrogens (tertiary/aromatic N) is 5. The predicted molar refractivity (Wildman–Crippen MR) is 180 cm³/mol. The number of halogens is 1. The summed E-state index contributed by atoms with van der Waals surface area (Å²) in [6.07, 6.45) is 10.6. The minimum absolute atomic E-state index is 0.0992. The SMILES string of the molecule is COc1cc(N2CCC(C=O)CC2)c(-c2cnn(C)c2)cc1Nc1ncc(Br)c(Nc2ccc(C3CC3)cc2P(C)(C)=O)n1. The van der Waals surface area contributed by atoms with Crippen LogP contribution in [0.25, 0.3) is 11.1 Å². The number of nitrogens with one attached hydrogen (secondary N) is 2. The van der Waals surface area contributed by atoms with Crippen LogP contribution < -0.4 is 25.6 Å². The first-order chi connectivity index (χ1) is 21.1. The Morgan fingerprint density at radius 3 is 2.45 bits per heavy atom. The fraction of sp³-hybridized carbons (Fsp3) is 0.375. The molecule has 1 aliphatic heterocycles. The second-order valence-corrected chi connectivity index (χ2v) is 16.0. The van der Waals surface area contributed by atoms with Gasteiger partial charge in [-0.3, -0.25) is 4.68 Å². The molecule has 0 atom stereocenters. The number of aryl methyl sites for hydroxylation is 1. The van der Waals surface area contributed by atoms with E-state index in [-0.39, 0.29) is 5.92 Å². The molecule has 10 nitrogen and oxygen atoms in total. The van der Waals surface area contributed by atoms with E-state index in [1.165, 1.54) is 18.4 Å². The molecule has 0 radical (unpaired) electrons. The number of anilines is 5. The van der Waals surface area contributed by atoms with Crippen LogP contribution in [0.4, 0.5) is 28.8 Å². The van der Waals surface area contributed by atoms with E-state index in [9.17, 15) is 9.36 Å². The summed E-state index contributed by atoms with van der Waals surface area (Å²) in [6, 6.07) is 10.3. The van der Waals surface area contributed by atoms with E-state index in [2.05, 4.69) is 53.7 Å². The first kappa shape index (κ1) is 30.3. The number of carbonyl (C=O) groups is 1. The standard InChI is InChI=1S/C32H37BrN7O3P/c1-39-18-23(16-35-39)24-14-27(29(43-2)15-28(24)40-11-9-20(19-41)10-12-40)37-32-34-17-25(33)31(38-32)36-26-8-7-22(21-5-6-21)13-30(26)44(3,4)42/h7-8,13-21H,5-6,9-12H2,1-4H3,(H2,34,36,37,38). The molecule has 0 bridgehead atoms. The lowest BCUT2D eigenvalue weighted by atomic mass is 9.96. The zero-order valence-corrected chi connectivity index (χ0v) is 27.9. The number of aromatic nitrogens is 4. The quantitative estimate of drug-likeness (QED) is 0.140. The smallest absolute Gasteiger partial charge is 0.229 e. The summed E-state index contributed by atoms with van der Waals surface area (Å²) in [5.41, 5.74) is 5.69. The Hall–Kier alpha value is -3.69. The Labute approximate surface area is 266 Å². The number of carbonyl (C=O) groups excluding carboxylic acids is 1. The minimum Gasteiger partial charge on any atom is -0.494 e. The molecule has 44 heavy (non-hydrogen) atoms. The van der Waals surface area contributed by atoms with E-state index >= 15 is 0 Å². The molecule has 1 saturated heterocycles. The first-order valence-corrected chi connectivity index (χ1v) is 18.2. The molecule has 2 fully saturated rings. The molecule has 2 N–H and O–H groups in total. The number of aldehydes is 1. The molecule has 1 aliphatic carbocycles. The minimum atomic E-state index is -2.56. The van der Waals surface area contributed by atoms with Gasteiger partial charge in [0.15, 0.2) is 0 Å². The molecule has 1 saturated carbocycles. The maximum atomic E-state index is 13.3. The van der Waals surface area contributed by atoms with Crippen molar-refractivity contribution in [3.05, 3.63) is 59.0 Å². The molecule has 2 aliphatic rings. The summed E-state index contributed by atoms with van der Waals surface area (Å²) < 4.78 is 21.6. The van der Waals surface area contributed by atoms with Gasteiger partial charge in [0, 0.05) is 66.6 Å². The number of methoxy groups -OCH3 is 1. The van der Waals surface area contributed by atoms with Gasteiger partial charge in [-0.2, -0.15) is 10.1 Å². The van der Waals surface area contributed by atoms with E-state index in [4.69, 9.17) is 9.72 Å². The third-order valence-electron chi connectivity index (χ3n) is 8.30. The lowest BCUT2D eigenvalue weighted by Crippen LogP contribution is -2.34. The molecule has 2 aromatic carbocycles. The third-order valence-corrected chi connectivity index (χ3v) is 10.4. The average molecular weight is 679 g/mol. The van der Waals surface area contributed by atoms with Gasteiger partial charge in [0.05, 0.1) is 29.2 Å². The highest BCUT2D eigenvalue weighted by molar-refractivity contribution is 9.10. The number of rotatable bonds is 10. The highest BCUT2D eigenvalue weighted by Crippen LogP contribution is 2.45. The summed E-state index contributed by atoms with van der Waals surface area (Å²) in [7, 11) is 0.976. The van der Waals surface area contributed by atoms with Crippen LogP contribution >= 0.6 is 23.1 Å². The maximum absolute atomic E-state index is 13.3. The van der Waals surface area contributed by atoms with E-state index in [0.29, 0.717) is 33.6 Å². The molecule has 230 valence electrons. The first-order valence-electron chi connectivity index (χ1n) is 14.8.